The Bertz CT molecular complexity index is 260. The summed E-state index contributed by atoms with van der Waals surface area (Å²) in [7, 11) is 5.12. The van der Waals surface area contributed by atoms with Gasteiger partial charge in [-0.2, -0.15) is 0 Å². The van der Waals surface area contributed by atoms with Crippen LogP contribution in [-0.2, 0) is 0 Å². The molecule has 0 aliphatic rings. The topological polar surface area (TPSA) is 30.0 Å². The van der Waals surface area contributed by atoms with Crippen LogP contribution in [-0.4, -0.2) is 18.6 Å². The summed E-state index contributed by atoms with van der Waals surface area (Å²) >= 11 is 5.55. The molecule has 1 aromatic heterocycles. The molecule has 0 amide bonds. The average molecular weight is 165 g/mol. The molecule has 54 valence electrons. The SMILES string of the molecule is [B]CC(=O)c1ccc(Cl)cn1. The third kappa shape index (κ3) is 2.05. The van der Waals surface area contributed by atoms with Crippen LogP contribution in [0.5, 0.6) is 0 Å². The van der Waals surface area contributed by atoms with E-state index in [1.165, 1.54) is 6.20 Å². The Morgan fingerprint density at radius 2 is 2.36 bits per heavy atom. The van der Waals surface area contributed by atoms with Gasteiger partial charge in [-0.25, -0.2) is 0 Å². The zero-order valence-electron chi connectivity index (χ0n) is 5.75. The van der Waals surface area contributed by atoms with E-state index in [1.807, 2.05) is 0 Å². The molecule has 0 aromatic carbocycles. The van der Waals surface area contributed by atoms with E-state index in [0.29, 0.717) is 10.7 Å². The van der Waals surface area contributed by atoms with Gasteiger partial charge in [0.15, 0.2) is 5.78 Å². The number of aromatic nitrogens is 1. The van der Waals surface area contributed by atoms with Gasteiger partial charge in [-0.3, -0.25) is 9.78 Å². The maximum atomic E-state index is 10.9. The van der Waals surface area contributed by atoms with E-state index >= 15 is 0 Å². The number of ketones is 1. The number of rotatable bonds is 2. The molecule has 0 aliphatic carbocycles. The Hall–Kier alpha value is -0.825. The van der Waals surface area contributed by atoms with Gasteiger partial charge in [-0.1, -0.05) is 11.6 Å². The summed E-state index contributed by atoms with van der Waals surface area (Å²) in [6.07, 6.45) is 1.40. The predicted molar refractivity (Wildman–Crippen MR) is 44.1 cm³/mol. The molecule has 0 bridgehead atoms. The molecule has 0 atom stereocenters. The normalized spacial score (nSPS) is 9.55. The van der Waals surface area contributed by atoms with Crippen molar-refractivity contribution < 1.29 is 4.79 Å². The fourth-order valence-electron chi connectivity index (χ4n) is 0.645. The van der Waals surface area contributed by atoms with Gasteiger partial charge in [-0.05, 0) is 18.5 Å². The lowest BCUT2D eigenvalue weighted by molar-refractivity contribution is 0.101. The van der Waals surface area contributed by atoms with E-state index in [1.54, 1.807) is 12.1 Å². The number of hydrogen-bond acceptors (Lipinski definition) is 2. The Kier molecular flexibility index (Phi) is 2.66. The van der Waals surface area contributed by atoms with Crippen LogP contribution in [0.4, 0.5) is 0 Å². The molecule has 0 spiro atoms. The molecule has 2 radical (unpaired) electrons. The van der Waals surface area contributed by atoms with E-state index in [4.69, 9.17) is 19.4 Å². The maximum Gasteiger partial charge on any atom is 0.172 e. The largest absolute Gasteiger partial charge is 0.293 e. The molecule has 0 saturated heterocycles. The summed E-state index contributed by atoms with van der Waals surface area (Å²) in [5.41, 5.74) is 0.358. The fraction of sp³-hybridized carbons (Fsp3) is 0.143. The number of Topliss-reactive ketones (excluding diaryl/α,β-unsaturated/α-hetero) is 1. The first-order valence-electron chi connectivity index (χ1n) is 3.09. The van der Waals surface area contributed by atoms with Crippen molar-refractivity contribution in [3.05, 3.63) is 29.0 Å². The minimum atomic E-state index is -0.179. The summed E-state index contributed by atoms with van der Waals surface area (Å²) in [5, 5.41) is 0.513. The predicted octanol–water partition coefficient (Wildman–Crippen LogP) is 1.50. The smallest absolute Gasteiger partial charge is 0.172 e. The van der Waals surface area contributed by atoms with Crippen LogP contribution in [0.25, 0.3) is 0 Å². The van der Waals surface area contributed by atoms with Crippen LogP contribution in [0.3, 0.4) is 0 Å². The van der Waals surface area contributed by atoms with Gasteiger partial charge in [0.25, 0.3) is 0 Å². The third-order valence-corrected chi connectivity index (χ3v) is 1.42. The monoisotopic (exact) mass is 165 g/mol. The number of carbonyl (C=O) groups is 1. The van der Waals surface area contributed by atoms with Crippen LogP contribution >= 0.6 is 11.6 Å². The molecular formula is C7H5BClNO. The van der Waals surface area contributed by atoms with Gasteiger partial charge in [0, 0.05) is 6.20 Å². The molecular weight excluding hydrogens is 160 g/mol. The van der Waals surface area contributed by atoms with Crippen molar-refractivity contribution in [1.82, 2.24) is 4.98 Å². The number of nitrogens with zero attached hydrogens (tertiary/aromatic N) is 1. The second-order valence-corrected chi connectivity index (χ2v) is 2.43. The minimum Gasteiger partial charge on any atom is -0.293 e. The lowest BCUT2D eigenvalue weighted by atomic mass is 9.99. The van der Waals surface area contributed by atoms with Gasteiger partial charge in [0.2, 0.25) is 0 Å². The molecule has 4 heteroatoms. The Morgan fingerprint density at radius 3 is 2.82 bits per heavy atom. The lowest BCUT2D eigenvalue weighted by Crippen LogP contribution is -1.99. The van der Waals surface area contributed by atoms with Gasteiger partial charge in [-0.15, -0.1) is 0 Å². The van der Waals surface area contributed by atoms with Crippen molar-refractivity contribution in [3.63, 3.8) is 0 Å². The zero-order valence-corrected chi connectivity index (χ0v) is 6.51. The van der Waals surface area contributed by atoms with E-state index in [9.17, 15) is 4.79 Å². The van der Waals surface area contributed by atoms with Gasteiger partial charge >= 0.3 is 0 Å². The molecule has 2 nitrogen and oxygen atoms in total. The van der Waals surface area contributed by atoms with Gasteiger partial charge in [0.1, 0.15) is 5.69 Å². The second-order valence-electron chi connectivity index (χ2n) is 1.99. The summed E-state index contributed by atoms with van der Waals surface area (Å²) in [4.78, 5) is 14.7. The van der Waals surface area contributed by atoms with Crippen LogP contribution in [0.1, 0.15) is 10.5 Å². The van der Waals surface area contributed by atoms with Crippen molar-refractivity contribution >= 4 is 25.2 Å². The summed E-state index contributed by atoms with van der Waals surface area (Å²) < 4.78 is 0. The number of carbonyl (C=O) groups excluding carboxylic acids is 1. The quantitative estimate of drug-likeness (QED) is 0.491. The van der Waals surface area contributed by atoms with Crippen molar-refractivity contribution in [2.45, 2.75) is 6.32 Å². The number of hydrogen-bond donors (Lipinski definition) is 0. The van der Waals surface area contributed by atoms with E-state index < -0.39 is 0 Å². The lowest BCUT2D eigenvalue weighted by Gasteiger charge is -1.94. The highest BCUT2D eigenvalue weighted by atomic mass is 35.5. The first-order chi connectivity index (χ1) is 5.24. The van der Waals surface area contributed by atoms with E-state index in [-0.39, 0.29) is 12.1 Å². The molecule has 11 heavy (non-hydrogen) atoms. The summed E-state index contributed by atoms with van der Waals surface area (Å²) in [6, 6.07) is 3.16. The van der Waals surface area contributed by atoms with E-state index in [2.05, 4.69) is 4.98 Å². The molecule has 0 N–H and O–H groups in total. The minimum absolute atomic E-state index is 0.0192. The molecule has 1 rings (SSSR count). The summed E-state index contributed by atoms with van der Waals surface area (Å²) in [6.45, 7) is 0. The standard InChI is InChI=1S/C7H5BClNO/c8-3-7(11)6-2-1-5(9)4-10-6/h1-2,4H,3H2. The highest BCUT2D eigenvalue weighted by molar-refractivity contribution is 6.30. The molecule has 0 fully saturated rings. The summed E-state index contributed by atoms with van der Waals surface area (Å²) in [5.74, 6) is -0.179. The number of pyridine rings is 1. The van der Waals surface area contributed by atoms with Crippen LogP contribution in [0.2, 0.25) is 11.3 Å². The second kappa shape index (κ2) is 3.53. The molecule has 1 aromatic rings. The Morgan fingerprint density at radius 1 is 1.64 bits per heavy atom. The molecule has 1 heterocycles. The van der Waals surface area contributed by atoms with Gasteiger partial charge < -0.3 is 0 Å². The number of halogens is 1. The first-order valence-corrected chi connectivity index (χ1v) is 3.46. The van der Waals surface area contributed by atoms with Crippen molar-refractivity contribution in [1.29, 1.82) is 0 Å². The average Bonchev–Trinajstić information content (AvgIpc) is 2.05. The highest BCUT2D eigenvalue weighted by Crippen LogP contribution is 2.06. The fourth-order valence-corrected chi connectivity index (χ4v) is 0.757. The van der Waals surface area contributed by atoms with E-state index in [0.717, 1.165) is 0 Å². The van der Waals surface area contributed by atoms with Crippen molar-refractivity contribution in [2.75, 3.05) is 0 Å². The molecule has 0 unspecified atom stereocenters. The van der Waals surface area contributed by atoms with Gasteiger partial charge in [0.05, 0.1) is 12.9 Å². The Labute approximate surface area is 71.0 Å². The van der Waals surface area contributed by atoms with Crippen LogP contribution < -0.4 is 0 Å². The highest BCUT2D eigenvalue weighted by Gasteiger charge is 2.02. The molecule has 0 saturated carbocycles. The van der Waals surface area contributed by atoms with Crippen LogP contribution in [0, 0.1) is 0 Å². The van der Waals surface area contributed by atoms with Crippen molar-refractivity contribution in [3.8, 4) is 0 Å². The van der Waals surface area contributed by atoms with Crippen LogP contribution in [0.15, 0.2) is 18.3 Å². The third-order valence-electron chi connectivity index (χ3n) is 1.20. The first kappa shape index (κ1) is 8.27. The molecule has 0 aliphatic heterocycles. The Balaban J connectivity index is 2.90. The maximum absolute atomic E-state index is 10.9. The van der Waals surface area contributed by atoms with Crippen molar-refractivity contribution in [2.24, 2.45) is 0 Å². The zero-order chi connectivity index (χ0) is 8.27.